The Balaban J connectivity index is 2.16. The third-order valence-corrected chi connectivity index (χ3v) is 3.00. The molecule has 19 heavy (non-hydrogen) atoms. The lowest BCUT2D eigenvalue weighted by Crippen LogP contribution is -2.25. The number of carboxylic acid groups (broad SMARTS) is 1. The van der Waals surface area contributed by atoms with Crippen molar-refractivity contribution in [2.75, 3.05) is 18.0 Å². The van der Waals surface area contributed by atoms with Gasteiger partial charge >= 0.3 is 5.97 Å². The van der Waals surface area contributed by atoms with Crippen LogP contribution in [0.5, 0.6) is 5.88 Å². The molecule has 1 aromatic heterocycles. The first-order valence-electron chi connectivity index (χ1n) is 6.46. The van der Waals surface area contributed by atoms with E-state index in [4.69, 9.17) is 9.84 Å². The van der Waals surface area contributed by atoms with E-state index in [0.29, 0.717) is 31.3 Å². The van der Waals surface area contributed by atoms with Crippen molar-refractivity contribution >= 4 is 11.9 Å². The molecule has 6 nitrogen and oxygen atoms in total. The Hall–Kier alpha value is -1.85. The van der Waals surface area contributed by atoms with Crippen molar-refractivity contribution in [2.45, 2.75) is 33.3 Å². The van der Waals surface area contributed by atoms with Crippen molar-refractivity contribution in [3.05, 3.63) is 11.8 Å². The summed E-state index contributed by atoms with van der Waals surface area (Å²) >= 11 is 0. The molecule has 0 amide bonds. The summed E-state index contributed by atoms with van der Waals surface area (Å²) in [7, 11) is 0. The molecule has 2 rings (SSSR count). The molecule has 1 aromatic rings. The Bertz CT molecular complexity index is 476. The number of carboxylic acids is 1. The van der Waals surface area contributed by atoms with Crippen LogP contribution in [0.2, 0.25) is 0 Å². The second kappa shape index (κ2) is 5.42. The number of anilines is 1. The number of hydrogen-bond acceptors (Lipinski definition) is 5. The molecule has 0 aromatic carbocycles. The van der Waals surface area contributed by atoms with Crippen LogP contribution in [0.25, 0.3) is 0 Å². The molecule has 1 atom stereocenters. The van der Waals surface area contributed by atoms with E-state index in [9.17, 15) is 4.79 Å². The third kappa shape index (κ3) is 3.33. The maximum atomic E-state index is 11.0. The van der Waals surface area contributed by atoms with Crippen molar-refractivity contribution in [3.63, 3.8) is 0 Å². The van der Waals surface area contributed by atoms with Gasteiger partial charge in [-0.1, -0.05) is 0 Å². The molecule has 0 radical (unpaired) electrons. The van der Waals surface area contributed by atoms with Crippen LogP contribution in [0.4, 0.5) is 5.95 Å². The van der Waals surface area contributed by atoms with Gasteiger partial charge in [-0.2, -0.15) is 4.98 Å². The van der Waals surface area contributed by atoms with Crippen molar-refractivity contribution in [1.82, 2.24) is 9.97 Å². The molecular weight excluding hydrogens is 246 g/mol. The van der Waals surface area contributed by atoms with Gasteiger partial charge < -0.3 is 14.7 Å². The summed E-state index contributed by atoms with van der Waals surface area (Å²) in [5, 5.41) is 9.01. The predicted molar refractivity (Wildman–Crippen MR) is 70.5 cm³/mol. The Morgan fingerprint density at radius 2 is 2.26 bits per heavy atom. The average Bonchev–Trinajstić information content (AvgIpc) is 2.76. The fourth-order valence-corrected chi connectivity index (χ4v) is 2.11. The number of nitrogens with zero attached hydrogens (tertiary/aromatic N) is 3. The lowest BCUT2D eigenvalue weighted by molar-refractivity contribution is -0.140. The van der Waals surface area contributed by atoms with E-state index in [1.54, 1.807) is 6.07 Å². The number of aryl methyl sites for hydroxylation is 1. The normalized spacial score (nSPS) is 18.9. The Morgan fingerprint density at radius 1 is 1.53 bits per heavy atom. The lowest BCUT2D eigenvalue weighted by Gasteiger charge is -2.17. The minimum Gasteiger partial charge on any atom is -0.481 e. The molecule has 0 aliphatic carbocycles. The van der Waals surface area contributed by atoms with Crippen LogP contribution in [0.3, 0.4) is 0 Å². The van der Waals surface area contributed by atoms with Crippen LogP contribution in [0.15, 0.2) is 6.07 Å². The highest BCUT2D eigenvalue weighted by Crippen LogP contribution is 2.23. The van der Waals surface area contributed by atoms with E-state index in [1.165, 1.54) is 0 Å². The summed E-state index contributed by atoms with van der Waals surface area (Å²) in [6, 6.07) is 1.79. The topological polar surface area (TPSA) is 75.5 Å². The molecule has 1 fully saturated rings. The highest BCUT2D eigenvalue weighted by atomic mass is 16.5. The van der Waals surface area contributed by atoms with Gasteiger partial charge in [-0.25, -0.2) is 4.98 Å². The minimum absolute atomic E-state index is 0.0486. The average molecular weight is 265 g/mol. The lowest BCUT2D eigenvalue weighted by atomic mass is 10.1. The second-order valence-corrected chi connectivity index (χ2v) is 5.08. The number of aromatic nitrogens is 2. The first-order chi connectivity index (χ1) is 8.95. The zero-order chi connectivity index (χ0) is 14.0. The predicted octanol–water partition coefficient (Wildman–Crippen LogP) is 1.48. The van der Waals surface area contributed by atoms with Gasteiger partial charge in [0, 0.05) is 24.8 Å². The Morgan fingerprint density at radius 3 is 2.84 bits per heavy atom. The molecule has 6 heteroatoms. The standard InChI is InChI=1S/C13H19N3O3/c1-8(2)19-11-6-9(3)14-13(15-11)16-5-4-10(7-16)12(17)18/h6,8,10H,4-5,7H2,1-3H3,(H,17,18). The van der Waals surface area contributed by atoms with Gasteiger partial charge in [0.2, 0.25) is 11.8 Å². The summed E-state index contributed by atoms with van der Waals surface area (Å²) in [5.74, 6) is 0.00283. The summed E-state index contributed by atoms with van der Waals surface area (Å²) < 4.78 is 5.58. The van der Waals surface area contributed by atoms with Gasteiger partial charge in [-0.15, -0.1) is 0 Å². The molecule has 104 valence electrons. The number of ether oxygens (including phenoxy) is 1. The molecular formula is C13H19N3O3. The summed E-state index contributed by atoms with van der Waals surface area (Å²) in [5.41, 5.74) is 0.819. The van der Waals surface area contributed by atoms with Gasteiger partial charge in [0.15, 0.2) is 0 Å². The third-order valence-electron chi connectivity index (χ3n) is 3.00. The number of rotatable bonds is 4. The molecule has 0 spiro atoms. The van der Waals surface area contributed by atoms with Gasteiger partial charge in [-0.3, -0.25) is 4.79 Å². The summed E-state index contributed by atoms with van der Waals surface area (Å²) in [4.78, 5) is 21.6. The van der Waals surface area contributed by atoms with E-state index in [2.05, 4.69) is 9.97 Å². The van der Waals surface area contributed by atoms with Gasteiger partial charge in [0.05, 0.1) is 12.0 Å². The zero-order valence-electron chi connectivity index (χ0n) is 11.5. The summed E-state index contributed by atoms with van der Waals surface area (Å²) in [6.45, 7) is 6.88. The molecule has 1 aliphatic heterocycles. The van der Waals surface area contributed by atoms with Crippen LogP contribution in [0, 0.1) is 12.8 Å². The first-order valence-corrected chi connectivity index (χ1v) is 6.46. The number of aliphatic carboxylic acids is 1. The molecule has 2 heterocycles. The van der Waals surface area contributed by atoms with Crippen LogP contribution in [-0.2, 0) is 4.79 Å². The van der Waals surface area contributed by atoms with Crippen molar-refractivity contribution < 1.29 is 14.6 Å². The number of carbonyl (C=O) groups is 1. The summed E-state index contributed by atoms with van der Waals surface area (Å²) in [6.07, 6.45) is 0.681. The van der Waals surface area contributed by atoms with Crippen molar-refractivity contribution in [2.24, 2.45) is 5.92 Å². The molecule has 0 bridgehead atoms. The maximum absolute atomic E-state index is 11.0. The van der Waals surface area contributed by atoms with Crippen molar-refractivity contribution in [3.8, 4) is 5.88 Å². The Kier molecular flexibility index (Phi) is 3.87. The quantitative estimate of drug-likeness (QED) is 0.888. The fourth-order valence-electron chi connectivity index (χ4n) is 2.11. The maximum Gasteiger partial charge on any atom is 0.308 e. The van der Waals surface area contributed by atoms with Crippen LogP contribution in [0.1, 0.15) is 26.0 Å². The second-order valence-electron chi connectivity index (χ2n) is 5.08. The van der Waals surface area contributed by atoms with Gasteiger partial charge in [0.1, 0.15) is 0 Å². The minimum atomic E-state index is -0.756. The van der Waals surface area contributed by atoms with Crippen molar-refractivity contribution in [1.29, 1.82) is 0 Å². The highest BCUT2D eigenvalue weighted by Gasteiger charge is 2.29. The monoisotopic (exact) mass is 265 g/mol. The SMILES string of the molecule is Cc1cc(OC(C)C)nc(N2CCC(C(=O)O)C2)n1. The van der Waals surface area contributed by atoms with Crippen LogP contribution in [-0.4, -0.2) is 40.2 Å². The number of hydrogen-bond donors (Lipinski definition) is 1. The van der Waals surface area contributed by atoms with E-state index in [-0.39, 0.29) is 12.0 Å². The van der Waals surface area contributed by atoms with Gasteiger partial charge in [0.25, 0.3) is 0 Å². The molecule has 1 saturated heterocycles. The Labute approximate surface area is 112 Å². The smallest absolute Gasteiger partial charge is 0.308 e. The first kappa shape index (κ1) is 13.6. The van der Waals surface area contributed by atoms with E-state index < -0.39 is 5.97 Å². The van der Waals surface area contributed by atoms with Gasteiger partial charge in [-0.05, 0) is 27.2 Å². The zero-order valence-corrected chi connectivity index (χ0v) is 11.5. The van der Waals surface area contributed by atoms with E-state index in [1.807, 2.05) is 25.7 Å². The van der Waals surface area contributed by atoms with Crippen LogP contribution < -0.4 is 9.64 Å². The fraction of sp³-hybridized carbons (Fsp3) is 0.615. The molecule has 1 N–H and O–H groups in total. The molecule has 1 unspecified atom stereocenters. The highest BCUT2D eigenvalue weighted by molar-refractivity contribution is 5.71. The largest absolute Gasteiger partial charge is 0.481 e. The van der Waals surface area contributed by atoms with E-state index in [0.717, 1.165) is 5.69 Å². The van der Waals surface area contributed by atoms with E-state index >= 15 is 0 Å². The van der Waals surface area contributed by atoms with Crippen LogP contribution >= 0.6 is 0 Å². The molecule has 0 saturated carbocycles. The molecule has 1 aliphatic rings.